The number of hydrogen-bond donors (Lipinski definition) is 1. The number of nitrogens with zero attached hydrogens (tertiary/aromatic N) is 2. The summed E-state index contributed by atoms with van der Waals surface area (Å²) in [4.78, 5) is 15.6. The van der Waals surface area contributed by atoms with Crippen LogP contribution in [-0.2, 0) is 4.79 Å². The number of carbonyl (C=O) groups excluding carboxylic acids is 1. The first-order valence-electron chi connectivity index (χ1n) is 7.15. The van der Waals surface area contributed by atoms with E-state index in [0.717, 1.165) is 18.5 Å². The van der Waals surface area contributed by atoms with Crippen molar-refractivity contribution in [3.63, 3.8) is 0 Å². The quantitative estimate of drug-likeness (QED) is 0.894. The van der Waals surface area contributed by atoms with E-state index in [9.17, 15) is 9.18 Å². The van der Waals surface area contributed by atoms with Gasteiger partial charge >= 0.3 is 0 Å². The maximum absolute atomic E-state index is 14.2. The van der Waals surface area contributed by atoms with E-state index in [1.54, 1.807) is 6.07 Å². The fourth-order valence-corrected chi connectivity index (χ4v) is 3.15. The van der Waals surface area contributed by atoms with Crippen LogP contribution in [0.25, 0.3) is 0 Å². The summed E-state index contributed by atoms with van der Waals surface area (Å²) in [5.74, 6) is 0.0139. The second kappa shape index (κ2) is 5.05. The highest BCUT2D eigenvalue weighted by Crippen LogP contribution is 2.29. The van der Waals surface area contributed by atoms with Crippen LogP contribution in [0.4, 0.5) is 10.1 Å². The Morgan fingerprint density at radius 1 is 1.40 bits per heavy atom. The lowest BCUT2D eigenvalue weighted by atomic mass is 10.1. The summed E-state index contributed by atoms with van der Waals surface area (Å²) in [6.45, 7) is 3.95. The van der Waals surface area contributed by atoms with Crippen LogP contribution in [-0.4, -0.2) is 36.5 Å². The van der Waals surface area contributed by atoms with Crippen molar-refractivity contribution in [2.24, 2.45) is 5.73 Å². The number of carbonyl (C=O) groups is 1. The van der Waals surface area contributed by atoms with Gasteiger partial charge in [-0.05, 0) is 31.0 Å². The summed E-state index contributed by atoms with van der Waals surface area (Å²) >= 11 is 0. The Kier molecular flexibility index (Phi) is 3.38. The maximum atomic E-state index is 14.2. The van der Waals surface area contributed by atoms with E-state index in [4.69, 9.17) is 5.73 Å². The number of hydrogen-bond acceptors (Lipinski definition) is 3. The molecule has 2 atom stereocenters. The summed E-state index contributed by atoms with van der Waals surface area (Å²) in [6.07, 6.45) is 1.51. The maximum Gasteiger partial charge on any atom is 0.223 e. The number of halogens is 1. The topological polar surface area (TPSA) is 49.6 Å². The van der Waals surface area contributed by atoms with Gasteiger partial charge < -0.3 is 15.5 Å². The van der Waals surface area contributed by atoms with Gasteiger partial charge in [0.2, 0.25) is 5.91 Å². The Bertz CT molecular complexity index is 532. The third-order valence-corrected chi connectivity index (χ3v) is 4.33. The van der Waals surface area contributed by atoms with Crippen LogP contribution in [0.5, 0.6) is 0 Å². The van der Waals surface area contributed by atoms with Gasteiger partial charge in [0.15, 0.2) is 0 Å². The van der Waals surface area contributed by atoms with Crippen molar-refractivity contribution in [2.75, 3.05) is 24.5 Å². The summed E-state index contributed by atoms with van der Waals surface area (Å²) in [5, 5.41) is 0. The molecule has 2 aliphatic rings. The Morgan fingerprint density at radius 2 is 2.20 bits per heavy atom. The van der Waals surface area contributed by atoms with Crippen LogP contribution < -0.4 is 10.6 Å². The number of benzene rings is 1. The van der Waals surface area contributed by atoms with Gasteiger partial charge in [-0.3, -0.25) is 4.79 Å². The van der Waals surface area contributed by atoms with E-state index >= 15 is 0 Å². The van der Waals surface area contributed by atoms with Gasteiger partial charge in [-0.2, -0.15) is 0 Å². The molecule has 2 heterocycles. The third kappa shape index (κ3) is 2.26. The Hall–Kier alpha value is -1.62. The molecule has 2 saturated heterocycles. The second-order valence-corrected chi connectivity index (χ2v) is 5.73. The van der Waals surface area contributed by atoms with Crippen molar-refractivity contribution in [2.45, 2.75) is 31.8 Å². The molecular weight excluding hydrogens is 257 g/mol. The molecule has 0 radical (unpaired) electrons. The lowest BCUT2D eigenvalue weighted by molar-refractivity contribution is -0.129. The zero-order chi connectivity index (χ0) is 14.3. The fraction of sp³-hybridized carbons (Fsp3) is 0.533. The number of amides is 1. The molecular formula is C15H20FN3O. The van der Waals surface area contributed by atoms with Crippen LogP contribution >= 0.6 is 0 Å². The first kappa shape index (κ1) is 13.4. The number of nitrogens with two attached hydrogens (primary N) is 1. The monoisotopic (exact) mass is 277 g/mol. The van der Waals surface area contributed by atoms with E-state index in [-0.39, 0.29) is 23.8 Å². The minimum Gasteiger partial charge on any atom is -0.365 e. The minimum absolute atomic E-state index is 0.164. The predicted molar refractivity (Wildman–Crippen MR) is 76.0 cm³/mol. The average molecular weight is 277 g/mol. The van der Waals surface area contributed by atoms with E-state index in [2.05, 4.69) is 0 Å². The molecule has 1 amide bonds. The largest absolute Gasteiger partial charge is 0.365 e. The standard InChI is InChI=1S/C15H20FN3O/c1-10(17)11-2-4-14(13(16)8-11)18-6-7-19-12(9-18)3-5-15(19)20/h2,4,8,10,12H,3,5-7,9,17H2,1H3/t10-,12?/m0/s1. The molecule has 0 spiro atoms. The molecule has 108 valence electrons. The molecule has 0 bridgehead atoms. The summed E-state index contributed by atoms with van der Waals surface area (Å²) < 4.78 is 14.2. The smallest absolute Gasteiger partial charge is 0.223 e. The third-order valence-electron chi connectivity index (χ3n) is 4.33. The molecule has 4 nitrogen and oxygen atoms in total. The highest BCUT2D eigenvalue weighted by Gasteiger charge is 2.36. The van der Waals surface area contributed by atoms with Gasteiger partial charge in [-0.15, -0.1) is 0 Å². The van der Waals surface area contributed by atoms with Crippen LogP contribution in [0.15, 0.2) is 18.2 Å². The van der Waals surface area contributed by atoms with Gasteiger partial charge in [0, 0.05) is 38.1 Å². The highest BCUT2D eigenvalue weighted by molar-refractivity contribution is 5.79. The zero-order valence-electron chi connectivity index (χ0n) is 11.7. The molecule has 0 aromatic heterocycles. The predicted octanol–water partition coefficient (Wildman–Crippen LogP) is 1.66. The van der Waals surface area contributed by atoms with Crippen molar-refractivity contribution in [1.29, 1.82) is 0 Å². The van der Waals surface area contributed by atoms with Gasteiger partial charge in [-0.1, -0.05) is 6.07 Å². The van der Waals surface area contributed by atoms with Crippen molar-refractivity contribution < 1.29 is 9.18 Å². The number of fused-ring (bicyclic) bond motifs is 1. The molecule has 1 aromatic carbocycles. The molecule has 2 aliphatic heterocycles. The molecule has 2 fully saturated rings. The highest BCUT2D eigenvalue weighted by atomic mass is 19.1. The van der Waals surface area contributed by atoms with E-state index < -0.39 is 0 Å². The van der Waals surface area contributed by atoms with Crippen molar-refractivity contribution >= 4 is 11.6 Å². The molecule has 3 rings (SSSR count). The lowest BCUT2D eigenvalue weighted by Crippen LogP contribution is -2.51. The van der Waals surface area contributed by atoms with Crippen molar-refractivity contribution in [3.05, 3.63) is 29.6 Å². The number of anilines is 1. The fourth-order valence-electron chi connectivity index (χ4n) is 3.15. The van der Waals surface area contributed by atoms with Crippen LogP contribution in [0.3, 0.4) is 0 Å². The van der Waals surface area contributed by atoms with Crippen LogP contribution in [0.2, 0.25) is 0 Å². The van der Waals surface area contributed by atoms with Crippen LogP contribution in [0, 0.1) is 5.82 Å². The van der Waals surface area contributed by atoms with E-state index in [1.807, 2.05) is 22.8 Å². The summed E-state index contributed by atoms with van der Waals surface area (Å²) in [5.41, 5.74) is 7.20. The Labute approximate surface area is 118 Å². The zero-order valence-corrected chi connectivity index (χ0v) is 11.7. The molecule has 1 unspecified atom stereocenters. The van der Waals surface area contributed by atoms with E-state index in [0.29, 0.717) is 25.2 Å². The molecule has 1 aromatic rings. The van der Waals surface area contributed by atoms with Crippen molar-refractivity contribution in [1.82, 2.24) is 4.90 Å². The molecule has 0 aliphatic carbocycles. The Morgan fingerprint density at radius 3 is 2.90 bits per heavy atom. The van der Waals surface area contributed by atoms with E-state index in [1.165, 1.54) is 6.07 Å². The number of piperazine rings is 1. The first-order chi connectivity index (χ1) is 9.56. The minimum atomic E-state index is -0.224. The lowest BCUT2D eigenvalue weighted by Gasteiger charge is -2.39. The van der Waals surface area contributed by atoms with Gasteiger partial charge in [0.05, 0.1) is 5.69 Å². The Balaban J connectivity index is 1.79. The van der Waals surface area contributed by atoms with Gasteiger partial charge in [0.1, 0.15) is 5.82 Å². The molecule has 20 heavy (non-hydrogen) atoms. The molecule has 5 heteroatoms. The number of rotatable bonds is 2. The summed E-state index contributed by atoms with van der Waals surface area (Å²) in [7, 11) is 0. The van der Waals surface area contributed by atoms with Gasteiger partial charge in [-0.25, -0.2) is 4.39 Å². The molecule has 2 N–H and O–H groups in total. The normalized spacial score (nSPS) is 23.9. The van der Waals surface area contributed by atoms with Gasteiger partial charge in [0.25, 0.3) is 0 Å². The second-order valence-electron chi connectivity index (χ2n) is 5.73. The SMILES string of the molecule is C[C@H](N)c1ccc(N2CCN3C(=O)CCC3C2)c(F)c1. The average Bonchev–Trinajstić information content (AvgIpc) is 2.79. The first-order valence-corrected chi connectivity index (χ1v) is 7.15. The van der Waals surface area contributed by atoms with Crippen molar-refractivity contribution in [3.8, 4) is 0 Å². The molecule has 0 saturated carbocycles. The van der Waals surface area contributed by atoms with Crippen LogP contribution in [0.1, 0.15) is 31.4 Å². The summed E-state index contributed by atoms with van der Waals surface area (Å²) in [6, 6.07) is 5.29.